The molecule has 0 atom stereocenters. The van der Waals surface area contributed by atoms with Crippen LogP contribution in [-0.2, 0) is 11.2 Å². The normalized spacial score (nSPS) is 9.75. The quantitative estimate of drug-likeness (QED) is 0.679. The largest absolute Gasteiger partial charge is 0.505 e. The second-order valence-corrected chi connectivity index (χ2v) is 2.43. The van der Waals surface area contributed by atoms with Gasteiger partial charge in [-0.1, -0.05) is 6.07 Å². The molecule has 0 bridgehead atoms. The predicted octanol–water partition coefficient (Wildman–Crippen LogP) is 0.559. The van der Waals surface area contributed by atoms with Crippen LogP contribution in [-0.4, -0.2) is 11.0 Å². The van der Waals surface area contributed by atoms with Crippen LogP contribution < -0.4 is 5.73 Å². The molecule has 0 aliphatic carbocycles. The highest BCUT2D eigenvalue weighted by atomic mass is 19.1. The lowest BCUT2D eigenvalue weighted by Crippen LogP contribution is -2.13. The van der Waals surface area contributed by atoms with Crippen LogP contribution in [0.25, 0.3) is 0 Å². The standard InChI is InChI=1S/C8H8FNO2/c9-6-2-1-5(3-7(6)11)4-8(10)12/h1-3,11H,4H2,(H2,10,12). The van der Waals surface area contributed by atoms with E-state index in [0.717, 1.165) is 6.07 Å². The van der Waals surface area contributed by atoms with Crippen molar-refractivity contribution in [3.63, 3.8) is 0 Å². The van der Waals surface area contributed by atoms with Gasteiger partial charge in [0.25, 0.3) is 0 Å². The van der Waals surface area contributed by atoms with Crippen LogP contribution in [0.15, 0.2) is 18.2 Å². The Labute approximate surface area is 68.6 Å². The van der Waals surface area contributed by atoms with Gasteiger partial charge < -0.3 is 10.8 Å². The predicted molar refractivity (Wildman–Crippen MR) is 41.0 cm³/mol. The van der Waals surface area contributed by atoms with Gasteiger partial charge in [0.2, 0.25) is 5.91 Å². The highest BCUT2D eigenvalue weighted by Crippen LogP contribution is 2.16. The van der Waals surface area contributed by atoms with E-state index in [1.165, 1.54) is 12.1 Å². The van der Waals surface area contributed by atoms with Crippen molar-refractivity contribution in [2.24, 2.45) is 5.73 Å². The van der Waals surface area contributed by atoms with Gasteiger partial charge in [0.1, 0.15) is 0 Å². The smallest absolute Gasteiger partial charge is 0.221 e. The van der Waals surface area contributed by atoms with Gasteiger partial charge in [-0.15, -0.1) is 0 Å². The van der Waals surface area contributed by atoms with Gasteiger partial charge in [-0.2, -0.15) is 0 Å². The number of halogens is 1. The first-order valence-corrected chi connectivity index (χ1v) is 3.35. The molecule has 0 saturated heterocycles. The number of aromatic hydroxyl groups is 1. The van der Waals surface area contributed by atoms with Crippen LogP contribution in [0.2, 0.25) is 0 Å². The zero-order chi connectivity index (χ0) is 9.14. The third-order valence-corrected chi connectivity index (χ3v) is 1.39. The minimum absolute atomic E-state index is 0.00778. The van der Waals surface area contributed by atoms with E-state index in [2.05, 4.69) is 0 Å². The molecule has 0 fully saturated rings. The maximum atomic E-state index is 12.5. The summed E-state index contributed by atoms with van der Waals surface area (Å²) in [5, 5.41) is 8.89. The lowest BCUT2D eigenvalue weighted by atomic mass is 10.1. The Balaban J connectivity index is 2.89. The molecule has 0 saturated carbocycles. The number of hydrogen-bond acceptors (Lipinski definition) is 2. The van der Waals surface area contributed by atoms with Gasteiger partial charge in [0.15, 0.2) is 11.6 Å². The molecule has 3 nitrogen and oxygen atoms in total. The number of hydrogen-bond donors (Lipinski definition) is 2. The van der Waals surface area contributed by atoms with Crippen molar-refractivity contribution < 1.29 is 14.3 Å². The van der Waals surface area contributed by atoms with E-state index in [9.17, 15) is 9.18 Å². The Hall–Kier alpha value is -1.58. The summed E-state index contributed by atoms with van der Waals surface area (Å²) in [7, 11) is 0. The molecule has 1 amide bonds. The minimum atomic E-state index is -0.705. The fourth-order valence-corrected chi connectivity index (χ4v) is 0.869. The first kappa shape index (κ1) is 8.52. The van der Waals surface area contributed by atoms with E-state index in [4.69, 9.17) is 10.8 Å². The molecule has 64 valence electrons. The number of carbonyl (C=O) groups excluding carboxylic acids is 1. The number of benzene rings is 1. The number of carbonyl (C=O) groups is 1. The van der Waals surface area contributed by atoms with Crippen molar-refractivity contribution in [2.45, 2.75) is 6.42 Å². The number of phenolic OH excluding ortho intramolecular Hbond substituents is 1. The summed E-state index contributed by atoms with van der Waals surface area (Å²) in [6.45, 7) is 0. The topological polar surface area (TPSA) is 63.3 Å². The summed E-state index contributed by atoms with van der Waals surface area (Å²) < 4.78 is 12.5. The highest BCUT2D eigenvalue weighted by molar-refractivity contribution is 5.76. The molecule has 1 aromatic rings. The molecule has 0 aromatic heterocycles. The molecule has 1 rings (SSSR count). The van der Waals surface area contributed by atoms with E-state index in [1.807, 2.05) is 0 Å². The molecule has 0 heterocycles. The lowest BCUT2D eigenvalue weighted by molar-refractivity contribution is -0.117. The molecule has 1 aromatic carbocycles. The Morgan fingerprint density at radius 3 is 2.75 bits per heavy atom. The van der Waals surface area contributed by atoms with Crippen molar-refractivity contribution in [3.8, 4) is 5.75 Å². The Kier molecular flexibility index (Phi) is 2.28. The lowest BCUT2D eigenvalue weighted by Gasteiger charge is -1.98. The van der Waals surface area contributed by atoms with E-state index >= 15 is 0 Å². The summed E-state index contributed by atoms with van der Waals surface area (Å²) in [4.78, 5) is 10.4. The van der Waals surface area contributed by atoms with Crippen LogP contribution in [0.4, 0.5) is 4.39 Å². The number of amides is 1. The fraction of sp³-hybridized carbons (Fsp3) is 0.125. The molecule has 0 aliphatic rings. The molecule has 3 N–H and O–H groups in total. The summed E-state index contributed by atoms with van der Waals surface area (Å²) >= 11 is 0. The van der Waals surface area contributed by atoms with Gasteiger partial charge in [0, 0.05) is 0 Å². The second-order valence-electron chi connectivity index (χ2n) is 2.43. The Bertz CT molecular complexity index is 312. The number of rotatable bonds is 2. The summed E-state index contributed by atoms with van der Waals surface area (Å²) in [6, 6.07) is 3.67. The van der Waals surface area contributed by atoms with Crippen molar-refractivity contribution in [3.05, 3.63) is 29.6 Å². The first-order valence-electron chi connectivity index (χ1n) is 3.35. The van der Waals surface area contributed by atoms with Crippen molar-refractivity contribution in [2.75, 3.05) is 0 Å². The van der Waals surface area contributed by atoms with E-state index in [1.54, 1.807) is 0 Å². The molecule has 0 unspecified atom stereocenters. The van der Waals surface area contributed by atoms with Crippen molar-refractivity contribution in [1.82, 2.24) is 0 Å². The third-order valence-electron chi connectivity index (χ3n) is 1.39. The van der Waals surface area contributed by atoms with Crippen LogP contribution >= 0.6 is 0 Å². The first-order chi connectivity index (χ1) is 5.59. The molecule has 4 heteroatoms. The number of nitrogens with two attached hydrogens (primary N) is 1. The van der Waals surface area contributed by atoms with Crippen molar-refractivity contribution in [1.29, 1.82) is 0 Å². The Morgan fingerprint density at radius 1 is 1.58 bits per heavy atom. The highest BCUT2D eigenvalue weighted by Gasteiger charge is 2.03. The van der Waals surface area contributed by atoms with Crippen LogP contribution in [0.3, 0.4) is 0 Å². The summed E-state index contributed by atoms with van der Waals surface area (Å²) in [5.41, 5.74) is 5.40. The average molecular weight is 169 g/mol. The van der Waals surface area contributed by atoms with Crippen LogP contribution in [0, 0.1) is 5.82 Å². The van der Waals surface area contributed by atoms with E-state index < -0.39 is 17.5 Å². The number of phenols is 1. The molecule has 0 spiro atoms. The SMILES string of the molecule is NC(=O)Cc1ccc(F)c(O)c1. The van der Waals surface area contributed by atoms with Crippen LogP contribution in [0.1, 0.15) is 5.56 Å². The molecule has 0 aliphatic heterocycles. The van der Waals surface area contributed by atoms with Crippen LogP contribution in [0.5, 0.6) is 5.75 Å². The Morgan fingerprint density at radius 2 is 2.25 bits per heavy atom. The zero-order valence-electron chi connectivity index (χ0n) is 6.25. The van der Waals surface area contributed by atoms with Crippen molar-refractivity contribution >= 4 is 5.91 Å². The monoisotopic (exact) mass is 169 g/mol. The third kappa shape index (κ3) is 1.95. The van der Waals surface area contributed by atoms with Gasteiger partial charge in [-0.25, -0.2) is 4.39 Å². The maximum Gasteiger partial charge on any atom is 0.221 e. The number of primary amides is 1. The van der Waals surface area contributed by atoms with Gasteiger partial charge in [0.05, 0.1) is 6.42 Å². The van der Waals surface area contributed by atoms with E-state index in [0.29, 0.717) is 5.56 Å². The molecule has 0 radical (unpaired) electrons. The summed E-state index contributed by atoms with van der Waals surface area (Å²) in [6.07, 6.45) is 0.00778. The average Bonchev–Trinajstić information content (AvgIpc) is 1.96. The molecule has 12 heavy (non-hydrogen) atoms. The molecular formula is C8H8FNO2. The maximum absolute atomic E-state index is 12.5. The van der Waals surface area contributed by atoms with Gasteiger partial charge in [-0.05, 0) is 17.7 Å². The van der Waals surface area contributed by atoms with Gasteiger partial charge >= 0.3 is 0 Å². The zero-order valence-corrected chi connectivity index (χ0v) is 6.25. The van der Waals surface area contributed by atoms with E-state index in [-0.39, 0.29) is 6.42 Å². The second kappa shape index (κ2) is 3.21. The minimum Gasteiger partial charge on any atom is -0.505 e. The summed E-state index contributed by atoms with van der Waals surface area (Å²) in [5.74, 6) is -1.68. The molecular weight excluding hydrogens is 161 g/mol. The fourth-order valence-electron chi connectivity index (χ4n) is 0.869. The van der Waals surface area contributed by atoms with Gasteiger partial charge in [-0.3, -0.25) is 4.79 Å².